The molecule has 1 heterocycles. The first kappa shape index (κ1) is 9.37. The Labute approximate surface area is 75.5 Å². The lowest BCUT2D eigenvalue weighted by Gasteiger charge is -2.06. The second-order valence-corrected chi connectivity index (χ2v) is 2.85. The van der Waals surface area contributed by atoms with Crippen molar-refractivity contribution in [3.05, 3.63) is 6.07 Å². The molecule has 0 aliphatic heterocycles. The van der Waals surface area contributed by atoms with Crippen LogP contribution in [0.4, 0.5) is 10.6 Å². The summed E-state index contributed by atoms with van der Waals surface area (Å²) in [4.78, 5) is 11.0. The number of ether oxygens (including phenoxy) is 1. The maximum absolute atomic E-state index is 11.0. The van der Waals surface area contributed by atoms with Crippen molar-refractivity contribution in [2.75, 3.05) is 5.73 Å². The van der Waals surface area contributed by atoms with E-state index < -0.39 is 6.09 Å². The van der Waals surface area contributed by atoms with Crippen LogP contribution in [-0.2, 0) is 0 Å². The number of carbonyl (C=O) groups is 1. The van der Waals surface area contributed by atoms with Gasteiger partial charge >= 0.3 is 6.09 Å². The second kappa shape index (κ2) is 3.79. The van der Waals surface area contributed by atoms with Gasteiger partial charge in [-0.2, -0.15) is 0 Å². The summed E-state index contributed by atoms with van der Waals surface area (Å²) in [7, 11) is 0. The maximum Gasteiger partial charge on any atom is 0.414 e. The SMILES string of the molecule is CC(C)NC(=O)Oc1cc(N)[nH]n1. The number of carbonyl (C=O) groups excluding carboxylic acids is 1. The summed E-state index contributed by atoms with van der Waals surface area (Å²) in [6, 6.07) is 1.46. The number of anilines is 1. The van der Waals surface area contributed by atoms with E-state index >= 15 is 0 Å². The predicted octanol–water partition coefficient (Wildman–Crippen LogP) is 0.489. The summed E-state index contributed by atoms with van der Waals surface area (Å²) in [5.41, 5.74) is 5.33. The second-order valence-electron chi connectivity index (χ2n) is 2.85. The number of rotatable bonds is 2. The summed E-state index contributed by atoms with van der Waals surface area (Å²) >= 11 is 0. The van der Waals surface area contributed by atoms with Gasteiger partial charge in [-0.3, -0.25) is 5.10 Å². The van der Waals surface area contributed by atoms with Crippen LogP contribution in [0.1, 0.15) is 13.8 Å². The topological polar surface area (TPSA) is 93.0 Å². The Hall–Kier alpha value is -1.72. The van der Waals surface area contributed by atoms with Gasteiger partial charge in [0, 0.05) is 12.1 Å². The van der Waals surface area contributed by atoms with Crippen LogP contribution in [0.15, 0.2) is 6.07 Å². The van der Waals surface area contributed by atoms with Gasteiger partial charge in [-0.15, -0.1) is 5.10 Å². The van der Waals surface area contributed by atoms with Crippen molar-refractivity contribution in [1.82, 2.24) is 15.5 Å². The number of nitrogens with one attached hydrogen (secondary N) is 2. The van der Waals surface area contributed by atoms with Gasteiger partial charge in [0.1, 0.15) is 5.82 Å². The average Bonchev–Trinajstić information content (AvgIpc) is 2.33. The minimum Gasteiger partial charge on any atom is -0.390 e. The van der Waals surface area contributed by atoms with Crippen molar-refractivity contribution in [3.8, 4) is 5.88 Å². The first-order chi connectivity index (χ1) is 6.08. The molecule has 6 heteroatoms. The highest BCUT2D eigenvalue weighted by Gasteiger charge is 2.07. The van der Waals surface area contributed by atoms with Crippen LogP contribution in [0.2, 0.25) is 0 Å². The summed E-state index contributed by atoms with van der Waals surface area (Å²) in [6.07, 6.45) is -0.540. The number of nitrogens with two attached hydrogens (primary N) is 1. The van der Waals surface area contributed by atoms with E-state index in [1.807, 2.05) is 13.8 Å². The quantitative estimate of drug-likeness (QED) is 0.623. The smallest absolute Gasteiger partial charge is 0.390 e. The van der Waals surface area contributed by atoms with Gasteiger partial charge in [0.15, 0.2) is 0 Å². The first-order valence-corrected chi connectivity index (χ1v) is 3.87. The molecule has 1 aromatic rings. The van der Waals surface area contributed by atoms with Gasteiger partial charge < -0.3 is 15.8 Å². The van der Waals surface area contributed by atoms with Gasteiger partial charge in [0.2, 0.25) is 5.88 Å². The van der Waals surface area contributed by atoms with Crippen LogP contribution in [0.25, 0.3) is 0 Å². The molecule has 0 saturated carbocycles. The number of aromatic amines is 1. The van der Waals surface area contributed by atoms with Gasteiger partial charge in [-0.25, -0.2) is 4.79 Å². The molecule has 4 N–H and O–H groups in total. The van der Waals surface area contributed by atoms with E-state index in [1.165, 1.54) is 6.07 Å². The van der Waals surface area contributed by atoms with E-state index in [0.717, 1.165) is 0 Å². The lowest BCUT2D eigenvalue weighted by atomic mass is 10.4. The molecule has 0 saturated heterocycles. The van der Waals surface area contributed by atoms with Crippen LogP contribution < -0.4 is 15.8 Å². The van der Waals surface area contributed by atoms with Gasteiger partial charge in [-0.1, -0.05) is 0 Å². The predicted molar refractivity (Wildman–Crippen MR) is 47.3 cm³/mol. The van der Waals surface area contributed by atoms with E-state index in [9.17, 15) is 4.79 Å². The number of hydrogen-bond acceptors (Lipinski definition) is 4. The lowest BCUT2D eigenvalue weighted by Crippen LogP contribution is -2.32. The lowest BCUT2D eigenvalue weighted by molar-refractivity contribution is 0.196. The largest absolute Gasteiger partial charge is 0.414 e. The molecule has 0 fully saturated rings. The number of nitrogen functional groups attached to an aromatic ring is 1. The van der Waals surface area contributed by atoms with Crippen molar-refractivity contribution in [2.24, 2.45) is 0 Å². The van der Waals surface area contributed by atoms with Crippen LogP contribution in [0.5, 0.6) is 5.88 Å². The zero-order valence-electron chi connectivity index (χ0n) is 7.50. The first-order valence-electron chi connectivity index (χ1n) is 3.87. The number of amides is 1. The van der Waals surface area contributed by atoms with Crippen LogP contribution in [-0.4, -0.2) is 22.3 Å². The molecule has 0 radical (unpaired) electrons. The Balaban J connectivity index is 2.45. The molecule has 6 nitrogen and oxygen atoms in total. The minimum absolute atomic E-state index is 0.0313. The van der Waals surface area contributed by atoms with E-state index in [-0.39, 0.29) is 11.9 Å². The standard InChI is InChI=1S/C7H12N4O2/c1-4(2)9-7(12)13-6-3-5(8)10-11-6/h3-4H,1-2H3,(H,9,12)(H3,8,10,11). The molecule has 0 spiro atoms. The van der Waals surface area contributed by atoms with Crippen molar-refractivity contribution in [3.63, 3.8) is 0 Å². The van der Waals surface area contributed by atoms with Gasteiger partial charge in [0.25, 0.3) is 0 Å². The third kappa shape index (κ3) is 3.02. The normalized spacial score (nSPS) is 10.1. The Morgan fingerprint density at radius 1 is 1.77 bits per heavy atom. The molecule has 1 aromatic heterocycles. The fourth-order valence-electron chi connectivity index (χ4n) is 0.730. The summed E-state index contributed by atoms with van der Waals surface area (Å²) < 4.78 is 4.77. The van der Waals surface area contributed by atoms with Crippen molar-refractivity contribution >= 4 is 11.9 Å². The van der Waals surface area contributed by atoms with Crippen molar-refractivity contribution in [2.45, 2.75) is 19.9 Å². The molecule has 72 valence electrons. The minimum atomic E-state index is -0.540. The van der Waals surface area contributed by atoms with Crippen LogP contribution >= 0.6 is 0 Å². The highest BCUT2D eigenvalue weighted by molar-refractivity contribution is 5.70. The fraction of sp³-hybridized carbons (Fsp3) is 0.429. The molecule has 0 aromatic carbocycles. The molecule has 1 rings (SSSR count). The summed E-state index contributed by atoms with van der Waals surface area (Å²) in [5, 5.41) is 8.62. The molecule has 0 atom stereocenters. The Morgan fingerprint density at radius 3 is 2.92 bits per heavy atom. The molecular weight excluding hydrogens is 172 g/mol. The van der Waals surface area contributed by atoms with Gasteiger partial charge in [0.05, 0.1) is 0 Å². The Bertz CT molecular complexity index is 294. The zero-order valence-corrected chi connectivity index (χ0v) is 7.50. The molecule has 13 heavy (non-hydrogen) atoms. The van der Waals surface area contributed by atoms with E-state index in [2.05, 4.69) is 15.5 Å². The zero-order chi connectivity index (χ0) is 9.84. The van der Waals surface area contributed by atoms with Crippen LogP contribution in [0, 0.1) is 0 Å². The van der Waals surface area contributed by atoms with E-state index in [1.54, 1.807) is 0 Å². The van der Waals surface area contributed by atoms with Crippen LogP contribution in [0.3, 0.4) is 0 Å². The van der Waals surface area contributed by atoms with Crippen molar-refractivity contribution in [1.29, 1.82) is 0 Å². The highest BCUT2D eigenvalue weighted by Crippen LogP contribution is 2.08. The Morgan fingerprint density at radius 2 is 2.46 bits per heavy atom. The molecule has 0 aliphatic carbocycles. The average molecular weight is 184 g/mol. The Kier molecular flexibility index (Phi) is 2.73. The number of aromatic nitrogens is 2. The third-order valence-corrected chi connectivity index (χ3v) is 1.18. The highest BCUT2D eigenvalue weighted by atomic mass is 16.6. The number of H-pyrrole nitrogens is 1. The molecule has 1 amide bonds. The van der Waals surface area contributed by atoms with Crippen molar-refractivity contribution < 1.29 is 9.53 Å². The number of nitrogens with zero attached hydrogens (tertiary/aromatic N) is 1. The summed E-state index contributed by atoms with van der Waals surface area (Å²) in [6.45, 7) is 3.67. The van der Waals surface area contributed by atoms with E-state index in [4.69, 9.17) is 10.5 Å². The number of hydrogen-bond donors (Lipinski definition) is 3. The monoisotopic (exact) mass is 184 g/mol. The van der Waals surface area contributed by atoms with E-state index in [0.29, 0.717) is 5.82 Å². The molecule has 0 unspecified atom stereocenters. The third-order valence-electron chi connectivity index (χ3n) is 1.18. The summed E-state index contributed by atoms with van der Waals surface area (Å²) in [5.74, 6) is 0.517. The fourth-order valence-corrected chi connectivity index (χ4v) is 0.730. The molecule has 0 bridgehead atoms. The molecule has 0 aliphatic rings. The maximum atomic E-state index is 11.0. The molecular formula is C7H12N4O2. The van der Waals surface area contributed by atoms with Gasteiger partial charge in [-0.05, 0) is 13.8 Å².